The highest BCUT2D eigenvalue weighted by molar-refractivity contribution is 5.87. The molecule has 0 aromatic heterocycles. The molecule has 6 nitrogen and oxygen atoms in total. The average Bonchev–Trinajstić information content (AvgIpc) is 2.85. The maximum Gasteiger partial charge on any atom is 0.310 e. The predicted octanol–water partition coefficient (Wildman–Crippen LogP) is 6.78. The molecule has 0 bridgehead atoms. The summed E-state index contributed by atoms with van der Waals surface area (Å²) in [7, 11) is 0. The number of ether oxygens (including phenoxy) is 3. The van der Waals surface area contributed by atoms with Crippen molar-refractivity contribution in [2.45, 2.75) is 124 Å². The molecule has 1 aliphatic carbocycles. The van der Waals surface area contributed by atoms with E-state index in [-0.39, 0.29) is 11.9 Å². The van der Waals surface area contributed by atoms with Crippen LogP contribution in [0.2, 0.25) is 0 Å². The van der Waals surface area contributed by atoms with E-state index < -0.39 is 23.7 Å². The van der Waals surface area contributed by atoms with Gasteiger partial charge in [0, 0.05) is 0 Å². The highest BCUT2D eigenvalue weighted by atomic mass is 16.5. The molecule has 198 valence electrons. The van der Waals surface area contributed by atoms with Crippen molar-refractivity contribution in [3.63, 3.8) is 0 Å². The fourth-order valence-corrected chi connectivity index (χ4v) is 4.65. The van der Waals surface area contributed by atoms with Crippen LogP contribution < -0.4 is 0 Å². The maximum atomic E-state index is 13.1. The summed E-state index contributed by atoms with van der Waals surface area (Å²) in [5.74, 6) is -3.27. The molecule has 0 saturated heterocycles. The molecule has 1 rings (SSSR count). The average molecular weight is 483 g/mol. The van der Waals surface area contributed by atoms with Gasteiger partial charge in [-0.15, -0.1) is 0 Å². The van der Waals surface area contributed by atoms with Crippen LogP contribution in [0.3, 0.4) is 0 Å². The predicted molar refractivity (Wildman–Crippen MR) is 134 cm³/mol. The second-order valence-electron chi connectivity index (χ2n) is 9.71. The van der Waals surface area contributed by atoms with E-state index in [2.05, 4.69) is 20.8 Å². The van der Waals surface area contributed by atoms with Crippen molar-refractivity contribution in [3.05, 3.63) is 0 Å². The normalized spacial score (nSPS) is 20.0. The third-order valence-electron chi connectivity index (χ3n) is 6.75. The zero-order valence-electron chi connectivity index (χ0n) is 22.1. The zero-order chi connectivity index (χ0) is 25.0. The maximum absolute atomic E-state index is 13.1. The molecule has 0 radical (unpaired) electrons. The topological polar surface area (TPSA) is 78.9 Å². The van der Waals surface area contributed by atoms with Gasteiger partial charge < -0.3 is 14.2 Å². The van der Waals surface area contributed by atoms with Gasteiger partial charge in [0.05, 0.1) is 37.6 Å². The van der Waals surface area contributed by atoms with Crippen molar-refractivity contribution in [3.8, 4) is 0 Å². The fraction of sp³-hybridized carbons (Fsp3) is 0.893. The largest absolute Gasteiger partial charge is 0.465 e. The van der Waals surface area contributed by atoms with Crippen LogP contribution in [0.5, 0.6) is 0 Å². The van der Waals surface area contributed by atoms with Crippen LogP contribution in [-0.2, 0) is 28.6 Å². The van der Waals surface area contributed by atoms with E-state index >= 15 is 0 Å². The van der Waals surface area contributed by atoms with E-state index in [0.717, 1.165) is 70.6 Å². The van der Waals surface area contributed by atoms with E-state index in [1.54, 1.807) is 0 Å². The minimum atomic E-state index is -0.810. The quantitative estimate of drug-likeness (QED) is 0.115. The summed E-state index contributed by atoms with van der Waals surface area (Å²) in [6, 6.07) is 0. The molecule has 0 spiro atoms. The van der Waals surface area contributed by atoms with Gasteiger partial charge in [-0.2, -0.15) is 0 Å². The van der Waals surface area contributed by atoms with Crippen molar-refractivity contribution in [2.24, 2.45) is 17.8 Å². The monoisotopic (exact) mass is 482 g/mol. The van der Waals surface area contributed by atoms with E-state index in [1.165, 1.54) is 12.8 Å². The molecule has 1 saturated carbocycles. The Bertz CT molecular complexity index is 561. The Labute approximate surface area is 207 Å². The Kier molecular flexibility index (Phi) is 17.6. The minimum absolute atomic E-state index is 0.327. The Morgan fingerprint density at radius 1 is 0.529 bits per heavy atom. The summed E-state index contributed by atoms with van der Waals surface area (Å²) in [4.78, 5) is 38.9. The molecule has 0 aromatic carbocycles. The van der Waals surface area contributed by atoms with Crippen molar-refractivity contribution in [1.82, 2.24) is 0 Å². The summed E-state index contributed by atoms with van der Waals surface area (Å²) >= 11 is 0. The second-order valence-corrected chi connectivity index (χ2v) is 9.71. The number of unbranched alkanes of at least 4 members (excludes halogenated alkanes) is 10. The van der Waals surface area contributed by atoms with Gasteiger partial charge in [0.1, 0.15) is 0 Å². The van der Waals surface area contributed by atoms with E-state index in [9.17, 15) is 14.4 Å². The number of carbonyl (C=O) groups excluding carboxylic acids is 3. The first-order valence-corrected chi connectivity index (χ1v) is 14.1. The van der Waals surface area contributed by atoms with Crippen molar-refractivity contribution >= 4 is 17.9 Å². The molecule has 0 heterocycles. The fourth-order valence-electron chi connectivity index (χ4n) is 4.65. The van der Waals surface area contributed by atoms with E-state index in [1.807, 2.05) is 0 Å². The smallest absolute Gasteiger partial charge is 0.310 e. The number of carbonyl (C=O) groups is 3. The molecular weight excluding hydrogens is 432 g/mol. The van der Waals surface area contributed by atoms with Crippen LogP contribution in [0.25, 0.3) is 0 Å². The van der Waals surface area contributed by atoms with Gasteiger partial charge in [0.2, 0.25) is 0 Å². The Balaban J connectivity index is 2.73. The third kappa shape index (κ3) is 12.2. The van der Waals surface area contributed by atoms with Crippen molar-refractivity contribution in [1.29, 1.82) is 0 Å². The molecule has 0 N–H and O–H groups in total. The molecule has 6 heteroatoms. The first-order chi connectivity index (χ1) is 16.6. The molecule has 34 heavy (non-hydrogen) atoms. The van der Waals surface area contributed by atoms with Crippen LogP contribution in [0.4, 0.5) is 0 Å². The Morgan fingerprint density at radius 3 is 1.29 bits per heavy atom. The lowest BCUT2D eigenvalue weighted by Crippen LogP contribution is -2.44. The molecule has 1 fully saturated rings. The lowest BCUT2D eigenvalue weighted by atomic mass is 9.72. The van der Waals surface area contributed by atoms with Gasteiger partial charge in [0.25, 0.3) is 0 Å². The van der Waals surface area contributed by atoms with Gasteiger partial charge in [0.15, 0.2) is 0 Å². The first-order valence-electron chi connectivity index (χ1n) is 14.1. The van der Waals surface area contributed by atoms with Crippen molar-refractivity contribution < 1.29 is 28.6 Å². The van der Waals surface area contributed by atoms with Crippen LogP contribution >= 0.6 is 0 Å². The summed E-state index contributed by atoms with van der Waals surface area (Å²) in [5, 5.41) is 0. The van der Waals surface area contributed by atoms with Crippen LogP contribution in [0.15, 0.2) is 0 Å². The second kappa shape index (κ2) is 19.7. The molecule has 0 aromatic rings. The Hall–Kier alpha value is -1.59. The van der Waals surface area contributed by atoms with Crippen LogP contribution in [0.1, 0.15) is 124 Å². The molecule has 0 aliphatic heterocycles. The number of esters is 3. The summed E-state index contributed by atoms with van der Waals surface area (Å²) in [5.41, 5.74) is 0. The summed E-state index contributed by atoms with van der Waals surface area (Å²) in [6.45, 7) is 7.49. The molecule has 1 aliphatic rings. The highest BCUT2D eigenvalue weighted by Crippen LogP contribution is 2.38. The number of hydrogen-bond donors (Lipinski definition) is 0. The van der Waals surface area contributed by atoms with Gasteiger partial charge >= 0.3 is 17.9 Å². The first kappa shape index (κ1) is 30.4. The van der Waals surface area contributed by atoms with Gasteiger partial charge in [-0.1, -0.05) is 91.4 Å². The number of hydrogen-bond acceptors (Lipinski definition) is 6. The van der Waals surface area contributed by atoms with Crippen LogP contribution in [-0.4, -0.2) is 37.7 Å². The third-order valence-corrected chi connectivity index (χ3v) is 6.75. The molecule has 0 amide bonds. The molecule has 3 atom stereocenters. The van der Waals surface area contributed by atoms with Crippen LogP contribution in [0, 0.1) is 17.8 Å². The summed E-state index contributed by atoms with van der Waals surface area (Å²) in [6.07, 6.45) is 15.2. The standard InChI is InChI=1S/C28H50O6/c1-4-7-10-13-16-21-33-27(30)24-19-17-18-23(26(29)32-20-14-11-8-5-2)25(24)28(31)34-22-15-12-9-6-3/h23-25H,4-22H2,1-3H3. The Morgan fingerprint density at radius 2 is 0.882 bits per heavy atom. The van der Waals surface area contributed by atoms with Gasteiger partial charge in [-0.05, 0) is 32.1 Å². The van der Waals surface area contributed by atoms with Crippen molar-refractivity contribution in [2.75, 3.05) is 19.8 Å². The highest BCUT2D eigenvalue weighted by Gasteiger charge is 2.47. The minimum Gasteiger partial charge on any atom is -0.465 e. The molecule has 3 unspecified atom stereocenters. The SMILES string of the molecule is CCCCCCCOC(=O)C1CCCC(C(=O)OCCCCCC)C1C(=O)OCCCCCC. The van der Waals surface area contributed by atoms with E-state index in [0.29, 0.717) is 39.1 Å². The zero-order valence-corrected chi connectivity index (χ0v) is 22.1. The molecular formula is C28H50O6. The van der Waals surface area contributed by atoms with Gasteiger partial charge in [-0.25, -0.2) is 0 Å². The summed E-state index contributed by atoms with van der Waals surface area (Å²) < 4.78 is 16.6. The lowest BCUT2D eigenvalue weighted by molar-refractivity contribution is -0.172. The van der Waals surface area contributed by atoms with Gasteiger partial charge in [-0.3, -0.25) is 14.4 Å². The number of rotatable bonds is 19. The van der Waals surface area contributed by atoms with E-state index in [4.69, 9.17) is 14.2 Å². The lowest BCUT2D eigenvalue weighted by Gasteiger charge is -2.34.